The maximum Gasteiger partial charge on any atom is 0.237 e. The van der Waals surface area contributed by atoms with Crippen LogP contribution in [-0.2, 0) is 11.3 Å². The fourth-order valence-electron chi connectivity index (χ4n) is 2.14. The fraction of sp³-hybridized carbons (Fsp3) is 0.500. The second-order valence-electron chi connectivity index (χ2n) is 4.65. The van der Waals surface area contributed by atoms with Crippen molar-refractivity contribution >= 4 is 5.91 Å². The maximum atomic E-state index is 11.9. The van der Waals surface area contributed by atoms with Gasteiger partial charge in [0.25, 0.3) is 0 Å². The van der Waals surface area contributed by atoms with Gasteiger partial charge in [-0.2, -0.15) is 0 Å². The molecule has 3 N–H and O–H groups in total. The fourth-order valence-corrected chi connectivity index (χ4v) is 2.14. The maximum absolute atomic E-state index is 11.9. The Bertz CT molecular complexity index is 436. The van der Waals surface area contributed by atoms with Crippen LogP contribution in [0.25, 0.3) is 0 Å². The van der Waals surface area contributed by atoms with E-state index in [9.17, 15) is 9.90 Å². The smallest absolute Gasteiger partial charge is 0.237 e. The minimum absolute atomic E-state index is 0.0710. The predicted octanol–water partition coefficient (Wildman–Crippen LogP) is 0.424. The Morgan fingerprint density at radius 2 is 2.42 bits per heavy atom. The molecule has 5 heteroatoms. The van der Waals surface area contributed by atoms with Gasteiger partial charge in [0.1, 0.15) is 5.75 Å². The SMILES string of the molecule is CCOc1cccc(CNC(=O)[C@H]2C[C@@H](O)CN2)c1. The lowest BCUT2D eigenvalue weighted by molar-refractivity contribution is -0.123. The highest BCUT2D eigenvalue weighted by Crippen LogP contribution is 2.13. The second-order valence-corrected chi connectivity index (χ2v) is 4.65. The van der Waals surface area contributed by atoms with E-state index in [1.165, 1.54) is 0 Å². The first-order valence-electron chi connectivity index (χ1n) is 6.60. The molecule has 0 aromatic heterocycles. The number of benzene rings is 1. The standard InChI is InChI=1S/C14H20N2O3/c1-2-19-12-5-3-4-10(6-12)8-16-14(18)13-7-11(17)9-15-13/h3-6,11,13,15,17H,2,7-9H2,1H3,(H,16,18)/t11-,13-/m1/s1. The lowest BCUT2D eigenvalue weighted by Gasteiger charge is -2.11. The zero-order valence-electron chi connectivity index (χ0n) is 11.1. The van der Waals surface area contributed by atoms with Crippen LogP contribution in [0.2, 0.25) is 0 Å². The Balaban J connectivity index is 1.84. The number of rotatable bonds is 5. The molecule has 1 amide bonds. The first-order valence-corrected chi connectivity index (χ1v) is 6.60. The van der Waals surface area contributed by atoms with Crippen molar-refractivity contribution in [2.75, 3.05) is 13.2 Å². The van der Waals surface area contributed by atoms with Crippen LogP contribution in [0.1, 0.15) is 18.9 Å². The summed E-state index contributed by atoms with van der Waals surface area (Å²) in [6.07, 6.45) is 0.0576. The molecule has 19 heavy (non-hydrogen) atoms. The third-order valence-corrected chi connectivity index (χ3v) is 3.10. The van der Waals surface area contributed by atoms with Gasteiger partial charge in [-0.1, -0.05) is 12.1 Å². The molecular formula is C14H20N2O3. The van der Waals surface area contributed by atoms with Gasteiger partial charge in [0.15, 0.2) is 0 Å². The van der Waals surface area contributed by atoms with Crippen LogP contribution in [0.15, 0.2) is 24.3 Å². The van der Waals surface area contributed by atoms with E-state index >= 15 is 0 Å². The van der Waals surface area contributed by atoms with Crippen LogP contribution in [-0.4, -0.2) is 36.3 Å². The molecule has 0 saturated carbocycles. The zero-order valence-corrected chi connectivity index (χ0v) is 11.1. The number of carbonyl (C=O) groups is 1. The van der Waals surface area contributed by atoms with Crippen LogP contribution in [0.5, 0.6) is 5.75 Å². The van der Waals surface area contributed by atoms with Crippen LogP contribution in [0, 0.1) is 0 Å². The molecule has 0 aliphatic carbocycles. The van der Waals surface area contributed by atoms with Gasteiger partial charge in [-0.05, 0) is 31.0 Å². The number of carbonyl (C=O) groups excluding carboxylic acids is 1. The Morgan fingerprint density at radius 3 is 3.11 bits per heavy atom. The molecule has 1 heterocycles. The van der Waals surface area contributed by atoms with Crippen molar-refractivity contribution in [3.63, 3.8) is 0 Å². The van der Waals surface area contributed by atoms with Crippen LogP contribution in [0.4, 0.5) is 0 Å². The van der Waals surface area contributed by atoms with Crippen molar-refractivity contribution in [3.8, 4) is 5.75 Å². The quantitative estimate of drug-likeness (QED) is 0.721. The highest BCUT2D eigenvalue weighted by molar-refractivity contribution is 5.82. The average Bonchev–Trinajstić information content (AvgIpc) is 2.84. The van der Waals surface area contributed by atoms with Gasteiger partial charge in [-0.25, -0.2) is 0 Å². The summed E-state index contributed by atoms with van der Waals surface area (Å²) in [7, 11) is 0. The van der Waals surface area contributed by atoms with Crippen molar-refractivity contribution in [1.29, 1.82) is 0 Å². The summed E-state index contributed by atoms with van der Waals surface area (Å²) in [4.78, 5) is 11.9. The molecule has 1 fully saturated rings. The normalized spacial score (nSPS) is 22.2. The molecule has 0 spiro atoms. The summed E-state index contributed by atoms with van der Waals surface area (Å²) >= 11 is 0. The Kier molecular flexibility index (Phi) is 4.76. The van der Waals surface area contributed by atoms with Crippen molar-refractivity contribution in [2.24, 2.45) is 0 Å². The van der Waals surface area contributed by atoms with Gasteiger partial charge >= 0.3 is 0 Å². The van der Waals surface area contributed by atoms with E-state index in [0.717, 1.165) is 11.3 Å². The average molecular weight is 264 g/mol. The number of β-amino-alcohol motifs (C(OH)–C–C–N with tert-alkyl or cyclic N) is 1. The van der Waals surface area contributed by atoms with E-state index in [4.69, 9.17) is 4.74 Å². The number of ether oxygens (including phenoxy) is 1. The Labute approximate surface area is 113 Å². The largest absolute Gasteiger partial charge is 0.494 e. The first-order chi connectivity index (χ1) is 9.19. The van der Waals surface area contributed by atoms with E-state index < -0.39 is 6.10 Å². The van der Waals surface area contributed by atoms with E-state index in [1.807, 2.05) is 31.2 Å². The van der Waals surface area contributed by atoms with Crippen molar-refractivity contribution in [3.05, 3.63) is 29.8 Å². The van der Waals surface area contributed by atoms with E-state index in [0.29, 0.717) is 26.1 Å². The van der Waals surface area contributed by atoms with E-state index in [2.05, 4.69) is 10.6 Å². The third-order valence-electron chi connectivity index (χ3n) is 3.10. The molecule has 0 radical (unpaired) electrons. The van der Waals surface area contributed by atoms with Gasteiger partial charge in [-0.15, -0.1) is 0 Å². The summed E-state index contributed by atoms with van der Waals surface area (Å²) in [5.74, 6) is 0.738. The molecule has 104 valence electrons. The molecule has 2 rings (SSSR count). The first kappa shape index (κ1) is 13.8. The zero-order chi connectivity index (χ0) is 13.7. The molecule has 0 unspecified atom stereocenters. The summed E-state index contributed by atoms with van der Waals surface area (Å²) in [5, 5.41) is 15.2. The highest BCUT2D eigenvalue weighted by Gasteiger charge is 2.27. The van der Waals surface area contributed by atoms with Gasteiger partial charge in [0.2, 0.25) is 5.91 Å². The molecule has 1 aromatic rings. The lowest BCUT2D eigenvalue weighted by Crippen LogP contribution is -2.39. The minimum atomic E-state index is -0.419. The summed E-state index contributed by atoms with van der Waals surface area (Å²) < 4.78 is 5.41. The van der Waals surface area contributed by atoms with Gasteiger partial charge in [0, 0.05) is 13.1 Å². The summed E-state index contributed by atoms with van der Waals surface area (Å²) in [6.45, 7) is 3.51. The molecule has 2 atom stereocenters. The number of aliphatic hydroxyl groups excluding tert-OH is 1. The number of hydrogen-bond acceptors (Lipinski definition) is 4. The Morgan fingerprint density at radius 1 is 1.58 bits per heavy atom. The number of nitrogens with one attached hydrogen (secondary N) is 2. The second kappa shape index (κ2) is 6.54. The monoisotopic (exact) mass is 264 g/mol. The molecule has 0 bridgehead atoms. The third kappa shape index (κ3) is 3.94. The van der Waals surface area contributed by atoms with E-state index in [1.54, 1.807) is 0 Å². The molecular weight excluding hydrogens is 244 g/mol. The molecule has 1 aromatic carbocycles. The van der Waals surface area contributed by atoms with Gasteiger partial charge in [0.05, 0.1) is 18.8 Å². The minimum Gasteiger partial charge on any atom is -0.494 e. The van der Waals surface area contributed by atoms with Crippen LogP contribution >= 0.6 is 0 Å². The molecule has 1 aliphatic rings. The van der Waals surface area contributed by atoms with Gasteiger partial charge < -0.3 is 20.5 Å². The van der Waals surface area contributed by atoms with Crippen molar-refractivity contribution in [2.45, 2.75) is 32.0 Å². The number of hydrogen-bond donors (Lipinski definition) is 3. The van der Waals surface area contributed by atoms with E-state index in [-0.39, 0.29) is 11.9 Å². The predicted molar refractivity (Wildman–Crippen MR) is 71.9 cm³/mol. The summed E-state index contributed by atoms with van der Waals surface area (Å²) in [6, 6.07) is 7.37. The molecule has 1 saturated heterocycles. The molecule has 1 aliphatic heterocycles. The molecule has 5 nitrogen and oxygen atoms in total. The topological polar surface area (TPSA) is 70.6 Å². The van der Waals surface area contributed by atoms with Crippen molar-refractivity contribution < 1.29 is 14.6 Å². The number of amides is 1. The van der Waals surface area contributed by atoms with Gasteiger partial charge in [-0.3, -0.25) is 4.79 Å². The summed E-state index contributed by atoms with van der Waals surface area (Å²) in [5.41, 5.74) is 0.998. The number of aliphatic hydroxyl groups is 1. The lowest BCUT2D eigenvalue weighted by atomic mass is 10.1. The Hall–Kier alpha value is -1.59. The highest BCUT2D eigenvalue weighted by atomic mass is 16.5. The van der Waals surface area contributed by atoms with Crippen molar-refractivity contribution in [1.82, 2.24) is 10.6 Å². The van der Waals surface area contributed by atoms with Crippen LogP contribution in [0.3, 0.4) is 0 Å². The van der Waals surface area contributed by atoms with Crippen LogP contribution < -0.4 is 15.4 Å².